The molecule has 1 aromatic heterocycles. The molecule has 0 atom stereocenters. The summed E-state index contributed by atoms with van der Waals surface area (Å²) in [7, 11) is 0. The van der Waals surface area contributed by atoms with Crippen LogP contribution in [0.3, 0.4) is 0 Å². The van der Waals surface area contributed by atoms with Gasteiger partial charge in [-0.15, -0.1) is 11.8 Å². The van der Waals surface area contributed by atoms with Crippen molar-refractivity contribution in [2.75, 3.05) is 11.9 Å². The maximum absolute atomic E-state index is 6.14. The van der Waals surface area contributed by atoms with Crippen molar-refractivity contribution in [2.45, 2.75) is 24.0 Å². The molecule has 0 bridgehead atoms. The molecule has 2 aromatic rings. The Morgan fingerprint density at radius 1 is 1.26 bits per heavy atom. The molecular weight excluding hydrogens is 276 g/mol. The first-order valence-corrected chi connectivity index (χ1v) is 7.72. The minimum absolute atomic E-state index is 0.799. The molecule has 0 saturated carbocycles. The first-order chi connectivity index (χ1) is 9.29. The van der Waals surface area contributed by atoms with Gasteiger partial charge in [0.05, 0.1) is 10.7 Å². The predicted octanol–water partition coefficient (Wildman–Crippen LogP) is 4.85. The van der Waals surface area contributed by atoms with Gasteiger partial charge in [0, 0.05) is 29.1 Å². The molecule has 0 aliphatic rings. The molecule has 19 heavy (non-hydrogen) atoms. The van der Waals surface area contributed by atoms with Crippen molar-refractivity contribution in [3.8, 4) is 0 Å². The number of pyridine rings is 1. The number of hydrogen-bond donors (Lipinski definition) is 1. The molecule has 0 unspecified atom stereocenters. The Labute approximate surface area is 123 Å². The average molecular weight is 293 g/mol. The van der Waals surface area contributed by atoms with Gasteiger partial charge in [0.15, 0.2) is 0 Å². The van der Waals surface area contributed by atoms with Crippen LogP contribution in [-0.2, 0) is 5.75 Å². The molecule has 4 heteroatoms. The molecule has 0 saturated heterocycles. The van der Waals surface area contributed by atoms with Crippen LogP contribution in [0.4, 0.5) is 5.69 Å². The van der Waals surface area contributed by atoms with Crippen molar-refractivity contribution in [3.05, 3.63) is 53.3 Å². The molecule has 2 nitrogen and oxygen atoms in total. The van der Waals surface area contributed by atoms with E-state index in [2.05, 4.69) is 23.3 Å². The van der Waals surface area contributed by atoms with Gasteiger partial charge in [0.1, 0.15) is 0 Å². The van der Waals surface area contributed by atoms with Crippen LogP contribution in [-0.4, -0.2) is 11.5 Å². The number of aromatic nitrogens is 1. The molecule has 2 rings (SSSR count). The van der Waals surface area contributed by atoms with Crippen molar-refractivity contribution in [1.29, 1.82) is 0 Å². The van der Waals surface area contributed by atoms with Crippen LogP contribution in [0.15, 0.2) is 47.5 Å². The van der Waals surface area contributed by atoms with Crippen molar-refractivity contribution in [1.82, 2.24) is 4.98 Å². The fraction of sp³-hybridized carbons (Fsp3) is 0.267. The van der Waals surface area contributed by atoms with Crippen LogP contribution in [0.25, 0.3) is 0 Å². The minimum Gasteiger partial charge on any atom is -0.385 e. The van der Waals surface area contributed by atoms with E-state index >= 15 is 0 Å². The zero-order chi connectivity index (χ0) is 13.5. The number of anilines is 1. The highest BCUT2D eigenvalue weighted by Crippen LogP contribution is 2.29. The van der Waals surface area contributed by atoms with Gasteiger partial charge in [-0.05, 0) is 30.7 Å². The van der Waals surface area contributed by atoms with Gasteiger partial charge >= 0.3 is 0 Å². The lowest BCUT2D eigenvalue weighted by Crippen LogP contribution is -2.00. The number of nitrogens with one attached hydrogen (secondary N) is 1. The molecule has 0 amide bonds. The average Bonchev–Trinajstić information content (AvgIpc) is 2.45. The molecule has 0 radical (unpaired) electrons. The molecule has 1 N–H and O–H groups in total. The monoisotopic (exact) mass is 292 g/mol. The highest BCUT2D eigenvalue weighted by molar-refractivity contribution is 7.98. The van der Waals surface area contributed by atoms with E-state index in [4.69, 9.17) is 11.6 Å². The fourth-order valence-electron chi connectivity index (χ4n) is 1.65. The molecule has 1 aromatic carbocycles. The lowest BCUT2D eigenvalue weighted by atomic mass is 10.3. The third-order valence-corrected chi connectivity index (χ3v) is 4.16. The lowest BCUT2D eigenvalue weighted by molar-refractivity contribution is 0.977. The second-order valence-corrected chi connectivity index (χ2v) is 5.61. The molecule has 0 fully saturated rings. The quantitative estimate of drug-likeness (QED) is 0.771. The number of benzene rings is 1. The third kappa shape index (κ3) is 4.44. The van der Waals surface area contributed by atoms with Crippen molar-refractivity contribution in [2.24, 2.45) is 0 Å². The van der Waals surface area contributed by atoms with Gasteiger partial charge in [0.25, 0.3) is 0 Å². The summed E-state index contributed by atoms with van der Waals surface area (Å²) in [4.78, 5) is 5.48. The van der Waals surface area contributed by atoms with Gasteiger partial charge < -0.3 is 5.32 Å². The van der Waals surface area contributed by atoms with Crippen LogP contribution in [0.2, 0.25) is 5.02 Å². The van der Waals surface area contributed by atoms with Crippen LogP contribution < -0.4 is 5.32 Å². The highest BCUT2D eigenvalue weighted by atomic mass is 35.5. The first kappa shape index (κ1) is 14.2. The lowest BCUT2D eigenvalue weighted by Gasteiger charge is -2.07. The molecule has 0 aliphatic carbocycles. The summed E-state index contributed by atoms with van der Waals surface area (Å²) in [6.07, 6.45) is 2.96. The van der Waals surface area contributed by atoms with E-state index in [0.29, 0.717) is 0 Å². The van der Waals surface area contributed by atoms with Gasteiger partial charge in [-0.3, -0.25) is 4.98 Å². The molecule has 0 aliphatic heterocycles. The van der Waals surface area contributed by atoms with E-state index in [1.807, 2.05) is 36.5 Å². The van der Waals surface area contributed by atoms with Crippen LogP contribution in [0.5, 0.6) is 0 Å². The smallest absolute Gasteiger partial charge is 0.0541 e. The predicted molar refractivity (Wildman–Crippen MR) is 84.0 cm³/mol. The summed E-state index contributed by atoms with van der Waals surface area (Å²) >= 11 is 7.85. The fourth-order valence-corrected chi connectivity index (χ4v) is 2.79. The zero-order valence-electron chi connectivity index (χ0n) is 10.9. The summed E-state index contributed by atoms with van der Waals surface area (Å²) in [6, 6.07) is 12.0. The topological polar surface area (TPSA) is 24.9 Å². The maximum atomic E-state index is 6.14. The van der Waals surface area contributed by atoms with E-state index < -0.39 is 0 Å². The molecular formula is C15H17ClN2S. The SMILES string of the molecule is CCCNc1ccnc(CSc2ccccc2Cl)c1. The van der Waals surface area contributed by atoms with Gasteiger partial charge in [-0.25, -0.2) is 0 Å². The van der Waals surface area contributed by atoms with Crippen molar-refractivity contribution in [3.63, 3.8) is 0 Å². The Balaban J connectivity index is 1.98. The van der Waals surface area contributed by atoms with E-state index in [1.165, 1.54) is 0 Å². The van der Waals surface area contributed by atoms with E-state index in [9.17, 15) is 0 Å². The van der Waals surface area contributed by atoms with Crippen molar-refractivity contribution < 1.29 is 0 Å². The Morgan fingerprint density at radius 3 is 2.89 bits per heavy atom. The van der Waals surface area contributed by atoms with Crippen LogP contribution >= 0.6 is 23.4 Å². The van der Waals surface area contributed by atoms with Gasteiger partial charge in [-0.1, -0.05) is 30.7 Å². The molecule has 100 valence electrons. The van der Waals surface area contributed by atoms with Crippen molar-refractivity contribution >= 4 is 29.1 Å². The third-order valence-electron chi connectivity index (χ3n) is 2.61. The van der Waals surface area contributed by atoms with Gasteiger partial charge in [0.2, 0.25) is 0 Å². The minimum atomic E-state index is 0.799. The number of thioether (sulfide) groups is 1. The number of rotatable bonds is 6. The van der Waals surface area contributed by atoms with E-state index in [0.717, 1.165) is 40.0 Å². The first-order valence-electron chi connectivity index (χ1n) is 6.35. The van der Waals surface area contributed by atoms with E-state index in [-0.39, 0.29) is 0 Å². The molecule has 0 spiro atoms. The Hall–Kier alpha value is -1.19. The number of hydrogen-bond acceptors (Lipinski definition) is 3. The standard InChI is InChI=1S/C15H17ClN2S/c1-2-8-17-12-7-9-18-13(10-12)11-19-15-6-4-3-5-14(15)16/h3-7,9-10H,2,8,11H2,1H3,(H,17,18). The number of halogens is 1. The second kappa shape index (κ2) is 7.41. The largest absolute Gasteiger partial charge is 0.385 e. The number of nitrogens with zero attached hydrogens (tertiary/aromatic N) is 1. The van der Waals surface area contributed by atoms with Crippen LogP contribution in [0, 0.1) is 0 Å². The van der Waals surface area contributed by atoms with Gasteiger partial charge in [-0.2, -0.15) is 0 Å². The summed E-state index contributed by atoms with van der Waals surface area (Å²) < 4.78 is 0. The summed E-state index contributed by atoms with van der Waals surface area (Å²) in [5.74, 6) is 0.825. The zero-order valence-corrected chi connectivity index (χ0v) is 12.5. The Kier molecular flexibility index (Phi) is 5.55. The Morgan fingerprint density at radius 2 is 2.11 bits per heavy atom. The summed E-state index contributed by atoms with van der Waals surface area (Å²) in [6.45, 7) is 3.14. The maximum Gasteiger partial charge on any atom is 0.0541 e. The summed E-state index contributed by atoms with van der Waals surface area (Å²) in [5, 5.41) is 4.17. The Bertz CT molecular complexity index is 531. The van der Waals surface area contributed by atoms with E-state index in [1.54, 1.807) is 11.8 Å². The second-order valence-electron chi connectivity index (χ2n) is 4.18. The highest BCUT2D eigenvalue weighted by Gasteiger charge is 2.02. The van der Waals surface area contributed by atoms with Crippen LogP contribution in [0.1, 0.15) is 19.0 Å². The summed E-state index contributed by atoms with van der Waals surface area (Å²) in [5.41, 5.74) is 2.19. The normalized spacial score (nSPS) is 10.4. The molecule has 1 heterocycles.